The highest BCUT2D eigenvalue weighted by molar-refractivity contribution is 5.83. The van der Waals surface area contributed by atoms with E-state index >= 15 is 0 Å². The molecule has 0 saturated heterocycles. The highest BCUT2D eigenvalue weighted by Crippen LogP contribution is 2.21. The summed E-state index contributed by atoms with van der Waals surface area (Å²) in [6.45, 7) is 0.429. The molecule has 6 heteroatoms. The van der Waals surface area contributed by atoms with Crippen LogP contribution in [0.4, 0.5) is 4.39 Å². The number of rotatable bonds is 5. The van der Waals surface area contributed by atoms with Gasteiger partial charge in [0.05, 0.1) is 12.2 Å². The molecule has 112 valence electrons. The fourth-order valence-corrected chi connectivity index (χ4v) is 2.25. The SMILES string of the molecule is CN(Cc1ccn[nH]1)C(=O)C(c1cccc(F)c1)N(C)C. The van der Waals surface area contributed by atoms with Crippen LogP contribution in [0.15, 0.2) is 36.5 Å². The Bertz CT molecular complexity index is 597. The third kappa shape index (κ3) is 3.66. The second kappa shape index (κ2) is 6.49. The number of carbonyl (C=O) groups excluding carboxylic acids is 1. The van der Waals surface area contributed by atoms with Crippen LogP contribution in [-0.4, -0.2) is 47.0 Å². The number of nitrogens with zero attached hydrogens (tertiary/aromatic N) is 3. The molecule has 1 N–H and O–H groups in total. The van der Waals surface area contributed by atoms with Crippen LogP contribution in [0.3, 0.4) is 0 Å². The van der Waals surface area contributed by atoms with E-state index in [9.17, 15) is 9.18 Å². The third-order valence-electron chi connectivity index (χ3n) is 3.26. The summed E-state index contributed by atoms with van der Waals surface area (Å²) >= 11 is 0. The van der Waals surface area contributed by atoms with Gasteiger partial charge in [-0.1, -0.05) is 12.1 Å². The molecule has 1 aromatic carbocycles. The average Bonchev–Trinajstić information content (AvgIpc) is 2.91. The zero-order valence-electron chi connectivity index (χ0n) is 12.4. The molecular weight excluding hydrogens is 271 g/mol. The Labute approximate surface area is 123 Å². The second-order valence-electron chi connectivity index (χ2n) is 5.20. The lowest BCUT2D eigenvalue weighted by atomic mass is 10.0. The first-order valence-electron chi connectivity index (χ1n) is 6.64. The largest absolute Gasteiger partial charge is 0.338 e. The van der Waals surface area contributed by atoms with Gasteiger partial charge >= 0.3 is 0 Å². The molecular formula is C15H19FN4O. The molecule has 0 aliphatic rings. The number of H-pyrrole nitrogens is 1. The fraction of sp³-hybridized carbons (Fsp3) is 0.333. The lowest BCUT2D eigenvalue weighted by Gasteiger charge is -2.28. The maximum Gasteiger partial charge on any atom is 0.244 e. The predicted octanol–water partition coefficient (Wildman–Crippen LogP) is 1.81. The van der Waals surface area contributed by atoms with E-state index in [1.54, 1.807) is 49.3 Å². The lowest BCUT2D eigenvalue weighted by molar-refractivity contribution is -0.135. The summed E-state index contributed by atoms with van der Waals surface area (Å²) in [4.78, 5) is 16.0. The first-order chi connectivity index (χ1) is 9.99. The van der Waals surface area contributed by atoms with Gasteiger partial charge in [0.15, 0.2) is 0 Å². The maximum absolute atomic E-state index is 13.4. The summed E-state index contributed by atoms with van der Waals surface area (Å²) in [6.07, 6.45) is 1.64. The van der Waals surface area contributed by atoms with E-state index < -0.39 is 6.04 Å². The molecule has 21 heavy (non-hydrogen) atoms. The number of halogens is 1. The van der Waals surface area contributed by atoms with Crippen LogP contribution in [0.1, 0.15) is 17.3 Å². The molecule has 0 bridgehead atoms. The summed E-state index contributed by atoms with van der Waals surface area (Å²) in [5.74, 6) is -0.441. The van der Waals surface area contributed by atoms with E-state index in [2.05, 4.69) is 10.2 Å². The molecule has 0 aliphatic carbocycles. The molecule has 0 spiro atoms. The Morgan fingerprint density at radius 1 is 1.33 bits per heavy atom. The van der Waals surface area contributed by atoms with Gasteiger partial charge in [-0.05, 0) is 37.9 Å². The monoisotopic (exact) mass is 290 g/mol. The number of benzene rings is 1. The minimum Gasteiger partial charge on any atom is -0.338 e. The van der Waals surface area contributed by atoms with Crippen LogP contribution >= 0.6 is 0 Å². The van der Waals surface area contributed by atoms with Crippen LogP contribution in [0.25, 0.3) is 0 Å². The Kier molecular flexibility index (Phi) is 4.70. The average molecular weight is 290 g/mol. The molecule has 1 heterocycles. The maximum atomic E-state index is 13.4. The normalized spacial score (nSPS) is 12.4. The Hall–Kier alpha value is -2.21. The molecule has 0 saturated carbocycles. The van der Waals surface area contributed by atoms with Crippen molar-refractivity contribution >= 4 is 5.91 Å². The minimum atomic E-state index is -0.520. The van der Waals surface area contributed by atoms with E-state index in [1.807, 2.05) is 6.07 Å². The summed E-state index contributed by atoms with van der Waals surface area (Å²) in [5.41, 5.74) is 1.49. The van der Waals surface area contributed by atoms with Crippen LogP contribution in [0, 0.1) is 5.82 Å². The molecule has 1 atom stereocenters. The number of amides is 1. The van der Waals surface area contributed by atoms with E-state index in [1.165, 1.54) is 12.1 Å². The highest BCUT2D eigenvalue weighted by atomic mass is 19.1. The predicted molar refractivity (Wildman–Crippen MR) is 77.9 cm³/mol. The molecule has 0 aliphatic heterocycles. The minimum absolute atomic E-state index is 0.0970. The first kappa shape index (κ1) is 15.2. The van der Waals surface area contributed by atoms with Crippen molar-refractivity contribution in [2.45, 2.75) is 12.6 Å². The van der Waals surface area contributed by atoms with Gasteiger partial charge in [-0.2, -0.15) is 5.10 Å². The fourth-order valence-electron chi connectivity index (χ4n) is 2.25. The molecule has 0 fully saturated rings. The van der Waals surface area contributed by atoms with Gasteiger partial charge < -0.3 is 4.90 Å². The van der Waals surface area contributed by atoms with E-state index in [0.29, 0.717) is 12.1 Å². The third-order valence-corrected chi connectivity index (χ3v) is 3.26. The molecule has 1 aromatic heterocycles. The van der Waals surface area contributed by atoms with E-state index in [-0.39, 0.29) is 11.7 Å². The standard InChI is InChI=1S/C15H19FN4O/c1-19(2)14(11-5-4-6-12(16)9-11)15(21)20(3)10-13-7-8-17-18-13/h4-9,14H,10H2,1-3H3,(H,17,18). The summed E-state index contributed by atoms with van der Waals surface area (Å²) < 4.78 is 13.4. The van der Waals surface area contributed by atoms with E-state index in [0.717, 1.165) is 5.69 Å². The topological polar surface area (TPSA) is 52.2 Å². The van der Waals surface area contributed by atoms with Crippen molar-refractivity contribution in [2.75, 3.05) is 21.1 Å². The molecule has 2 rings (SSSR count). The Morgan fingerprint density at radius 2 is 2.10 bits per heavy atom. The van der Waals surface area contributed by atoms with Crippen molar-refractivity contribution in [3.63, 3.8) is 0 Å². The van der Waals surface area contributed by atoms with Crippen molar-refractivity contribution in [3.8, 4) is 0 Å². The summed E-state index contributed by atoms with van der Waals surface area (Å²) in [6, 6.07) is 7.44. The molecule has 1 unspecified atom stereocenters. The van der Waals surface area contributed by atoms with Gasteiger partial charge in [0, 0.05) is 13.2 Å². The van der Waals surface area contributed by atoms with Crippen molar-refractivity contribution in [3.05, 3.63) is 53.6 Å². The van der Waals surface area contributed by atoms with Gasteiger partial charge in [0.1, 0.15) is 11.9 Å². The van der Waals surface area contributed by atoms with Crippen LogP contribution in [0.2, 0.25) is 0 Å². The first-order valence-corrected chi connectivity index (χ1v) is 6.64. The van der Waals surface area contributed by atoms with Gasteiger partial charge in [0.2, 0.25) is 5.91 Å². The van der Waals surface area contributed by atoms with Crippen LogP contribution in [0.5, 0.6) is 0 Å². The molecule has 1 amide bonds. The van der Waals surface area contributed by atoms with Crippen molar-refractivity contribution in [1.29, 1.82) is 0 Å². The van der Waals surface area contributed by atoms with Gasteiger partial charge in [-0.15, -0.1) is 0 Å². The zero-order chi connectivity index (χ0) is 15.4. The van der Waals surface area contributed by atoms with Gasteiger partial charge in [-0.25, -0.2) is 4.39 Å². The molecule has 0 radical (unpaired) electrons. The van der Waals surface area contributed by atoms with Crippen molar-refractivity contribution < 1.29 is 9.18 Å². The number of hydrogen-bond donors (Lipinski definition) is 1. The number of hydrogen-bond acceptors (Lipinski definition) is 3. The Morgan fingerprint density at radius 3 is 2.67 bits per heavy atom. The quantitative estimate of drug-likeness (QED) is 0.913. The second-order valence-corrected chi connectivity index (χ2v) is 5.20. The van der Waals surface area contributed by atoms with Crippen LogP contribution < -0.4 is 0 Å². The van der Waals surface area contributed by atoms with Crippen molar-refractivity contribution in [1.82, 2.24) is 20.0 Å². The smallest absolute Gasteiger partial charge is 0.244 e. The summed E-state index contributed by atoms with van der Waals surface area (Å²) in [5, 5.41) is 6.68. The number of carbonyl (C=O) groups is 1. The number of aromatic nitrogens is 2. The number of likely N-dealkylation sites (N-methyl/N-ethyl adjacent to an activating group) is 2. The van der Waals surface area contributed by atoms with Gasteiger partial charge in [-0.3, -0.25) is 14.8 Å². The highest BCUT2D eigenvalue weighted by Gasteiger charge is 2.26. The van der Waals surface area contributed by atoms with Crippen LogP contribution in [-0.2, 0) is 11.3 Å². The molecule has 5 nitrogen and oxygen atoms in total. The van der Waals surface area contributed by atoms with Crippen molar-refractivity contribution in [2.24, 2.45) is 0 Å². The van der Waals surface area contributed by atoms with Gasteiger partial charge in [0.25, 0.3) is 0 Å². The molecule has 2 aromatic rings. The Balaban J connectivity index is 2.19. The van der Waals surface area contributed by atoms with E-state index in [4.69, 9.17) is 0 Å². The number of aromatic amines is 1. The lowest BCUT2D eigenvalue weighted by Crippen LogP contribution is -2.38. The number of nitrogens with one attached hydrogen (secondary N) is 1. The zero-order valence-corrected chi connectivity index (χ0v) is 12.4. The summed E-state index contributed by atoms with van der Waals surface area (Å²) in [7, 11) is 5.33.